The first kappa shape index (κ1) is 12.7. The molecule has 0 aliphatic carbocycles. The fourth-order valence-electron chi connectivity index (χ4n) is 1.75. The Morgan fingerprint density at radius 1 is 1.62 bits per heavy atom. The van der Waals surface area contributed by atoms with Crippen LogP contribution in [0.1, 0.15) is 19.8 Å². The molecule has 0 amide bonds. The number of nitrogens with zero attached hydrogens (tertiary/aromatic N) is 3. The number of hydrogen-bond donors (Lipinski definition) is 1. The predicted molar refractivity (Wildman–Crippen MR) is 61.2 cm³/mol. The summed E-state index contributed by atoms with van der Waals surface area (Å²) in [6.07, 6.45) is 6.99. The van der Waals surface area contributed by atoms with E-state index >= 15 is 0 Å². The molecule has 1 unspecified atom stereocenters. The summed E-state index contributed by atoms with van der Waals surface area (Å²) in [7, 11) is 1.86. The molecule has 1 N–H and O–H groups in total. The standard InChI is InChI=1S/C11H19N3O2/c1-3-10(11(15)16)13(2)6-4-7-14-8-5-12-9-14/h5,8-10H,3-4,6-7H2,1-2H3,(H,15,16). The summed E-state index contributed by atoms with van der Waals surface area (Å²) in [6.45, 7) is 3.55. The van der Waals surface area contributed by atoms with Crippen molar-refractivity contribution in [2.45, 2.75) is 32.4 Å². The van der Waals surface area contributed by atoms with E-state index in [0.717, 1.165) is 19.5 Å². The van der Waals surface area contributed by atoms with E-state index in [0.29, 0.717) is 6.42 Å². The molecule has 5 heteroatoms. The third-order valence-electron chi connectivity index (χ3n) is 2.69. The van der Waals surface area contributed by atoms with Crippen LogP contribution in [-0.2, 0) is 11.3 Å². The molecule has 0 saturated carbocycles. The minimum Gasteiger partial charge on any atom is -0.480 e. The molecule has 0 radical (unpaired) electrons. The summed E-state index contributed by atoms with van der Waals surface area (Å²) in [4.78, 5) is 16.7. The number of likely N-dealkylation sites (N-methyl/N-ethyl adjacent to an activating group) is 1. The quantitative estimate of drug-likeness (QED) is 0.754. The van der Waals surface area contributed by atoms with Crippen molar-refractivity contribution in [2.24, 2.45) is 0 Å². The van der Waals surface area contributed by atoms with E-state index in [1.807, 2.05) is 29.6 Å². The summed E-state index contributed by atoms with van der Waals surface area (Å²) in [6, 6.07) is -0.372. The molecular formula is C11H19N3O2. The number of aromatic nitrogens is 2. The zero-order chi connectivity index (χ0) is 12.0. The number of aliphatic carboxylic acids is 1. The minimum absolute atomic E-state index is 0.372. The van der Waals surface area contributed by atoms with Crippen LogP contribution in [0.2, 0.25) is 0 Å². The van der Waals surface area contributed by atoms with E-state index in [-0.39, 0.29) is 6.04 Å². The summed E-state index contributed by atoms with van der Waals surface area (Å²) in [5, 5.41) is 8.97. The van der Waals surface area contributed by atoms with Gasteiger partial charge in [-0.05, 0) is 19.9 Å². The van der Waals surface area contributed by atoms with E-state index in [4.69, 9.17) is 5.11 Å². The van der Waals surface area contributed by atoms with Crippen LogP contribution in [0.3, 0.4) is 0 Å². The first-order valence-corrected chi connectivity index (χ1v) is 5.54. The van der Waals surface area contributed by atoms with Crippen LogP contribution in [0.4, 0.5) is 0 Å². The fraction of sp³-hybridized carbons (Fsp3) is 0.636. The van der Waals surface area contributed by atoms with Gasteiger partial charge >= 0.3 is 5.97 Å². The highest BCUT2D eigenvalue weighted by molar-refractivity contribution is 5.73. The molecule has 0 aliphatic rings. The second-order valence-electron chi connectivity index (χ2n) is 3.90. The van der Waals surface area contributed by atoms with Crippen molar-refractivity contribution in [3.05, 3.63) is 18.7 Å². The lowest BCUT2D eigenvalue weighted by molar-refractivity contribution is -0.142. The molecule has 1 aromatic heterocycles. The van der Waals surface area contributed by atoms with Gasteiger partial charge in [-0.25, -0.2) is 4.98 Å². The van der Waals surface area contributed by atoms with Crippen LogP contribution in [0, 0.1) is 0 Å². The van der Waals surface area contributed by atoms with Gasteiger partial charge in [0.1, 0.15) is 6.04 Å². The molecule has 1 heterocycles. The molecule has 0 fully saturated rings. The highest BCUT2D eigenvalue weighted by atomic mass is 16.4. The third kappa shape index (κ3) is 3.66. The van der Waals surface area contributed by atoms with Gasteiger partial charge in [-0.2, -0.15) is 0 Å². The molecular weight excluding hydrogens is 206 g/mol. The predicted octanol–water partition coefficient (Wildman–Crippen LogP) is 1.07. The first-order chi connectivity index (χ1) is 7.65. The second kappa shape index (κ2) is 6.27. The number of rotatable bonds is 7. The molecule has 1 aromatic rings. The van der Waals surface area contributed by atoms with Crippen molar-refractivity contribution in [3.8, 4) is 0 Å². The number of imidazole rings is 1. The molecule has 0 aromatic carbocycles. The average molecular weight is 225 g/mol. The Bertz CT molecular complexity index is 311. The lowest BCUT2D eigenvalue weighted by Gasteiger charge is -2.23. The first-order valence-electron chi connectivity index (χ1n) is 5.54. The Morgan fingerprint density at radius 3 is 2.88 bits per heavy atom. The van der Waals surface area contributed by atoms with E-state index in [9.17, 15) is 4.79 Å². The molecule has 16 heavy (non-hydrogen) atoms. The van der Waals surface area contributed by atoms with Crippen molar-refractivity contribution >= 4 is 5.97 Å². The van der Waals surface area contributed by atoms with Gasteiger partial charge in [-0.3, -0.25) is 9.69 Å². The van der Waals surface area contributed by atoms with Gasteiger partial charge < -0.3 is 9.67 Å². The largest absolute Gasteiger partial charge is 0.480 e. The molecule has 1 rings (SSSR count). The second-order valence-corrected chi connectivity index (χ2v) is 3.90. The van der Waals surface area contributed by atoms with E-state index in [1.165, 1.54) is 0 Å². The van der Waals surface area contributed by atoms with E-state index in [2.05, 4.69) is 4.98 Å². The number of aryl methyl sites for hydroxylation is 1. The van der Waals surface area contributed by atoms with Crippen LogP contribution >= 0.6 is 0 Å². The van der Waals surface area contributed by atoms with Crippen molar-refractivity contribution in [2.75, 3.05) is 13.6 Å². The average Bonchev–Trinajstić information content (AvgIpc) is 2.71. The maximum atomic E-state index is 10.9. The zero-order valence-electron chi connectivity index (χ0n) is 9.83. The maximum absolute atomic E-state index is 10.9. The summed E-state index contributed by atoms with van der Waals surface area (Å²) in [5.74, 6) is -0.743. The van der Waals surface area contributed by atoms with Gasteiger partial charge in [-0.15, -0.1) is 0 Å². The van der Waals surface area contributed by atoms with Gasteiger partial charge in [0.15, 0.2) is 0 Å². The van der Waals surface area contributed by atoms with Crippen LogP contribution in [0.15, 0.2) is 18.7 Å². The Morgan fingerprint density at radius 2 is 2.38 bits per heavy atom. The minimum atomic E-state index is -0.743. The maximum Gasteiger partial charge on any atom is 0.320 e. The normalized spacial score (nSPS) is 12.9. The fourth-order valence-corrected chi connectivity index (χ4v) is 1.75. The van der Waals surface area contributed by atoms with E-state index < -0.39 is 5.97 Å². The van der Waals surface area contributed by atoms with Gasteiger partial charge in [0, 0.05) is 25.5 Å². The molecule has 90 valence electrons. The van der Waals surface area contributed by atoms with E-state index in [1.54, 1.807) is 12.5 Å². The number of carboxylic acids is 1. The van der Waals surface area contributed by atoms with Crippen molar-refractivity contribution < 1.29 is 9.90 Å². The van der Waals surface area contributed by atoms with Crippen LogP contribution in [0.5, 0.6) is 0 Å². The Labute approximate surface area is 95.7 Å². The Kier molecular flexibility index (Phi) is 4.98. The smallest absolute Gasteiger partial charge is 0.320 e. The van der Waals surface area contributed by atoms with Crippen LogP contribution in [-0.4, -0.2) is 45.2 Å². The monoisotopic (exact) mass is 225 g/mol. The topological polar surface area (TPSA) is 58.4 Å². The number of carboxylic acid groups (broad SMARTS) is 1. The van der Waals surface area contributed by atoms with Gasteiger partial charge in [0.25, 0.3) is 0 Å². The third-order valence-corrected chi connectivity index (χ3v) is 2.69. The number of hydrogen-bond acceptors (Lipinski definition) is 3. The van der Waals surface area contributed by atoms with Crippen molar-refractivity contribution in [1.82, 2.24) is 14.5 Å². The van der Waals surface area contributed by atoms with Crippen molar-refractivity contribution in [3.63, 3.8) is 0 Å². The summed E-state index contributed by atoms with van der Waals surface area (Å²) >= 11 is 0. The Balaban J connectivity index is 2.28. The van der Waals surface area contributed by atoms with Crippen molar-refractivity contribution in [1.29, 1.82) is 0 Å². The SMILES string of the molecule is CCC(C(=O)O)N(C)CCCn1ccnc1. The molecule has 0 saturated heterocycles. The summed E-state index contributed by atoms with van der Waals surface area (Å²) < 4.78 is 2.00. The highest BCUT2D eigenvalue weighted by Crippen LogP contribution is 2.03. The van der Waals surface area contributed by atoms with Crippen LogP contribution < -0.4 is 0 Å². The van der Waals surface area contributed by atoms with Gasteiger partial charge in [0.2, 0.25) is 0 Å². The van der Waals surface area contributed by atoms with Gasteiger partial charge in [0.05, 0.1) is 6.33 Å². The Hall–Kier alpha value is -1.36. The summed E-state index contributed by atoms with van der Waals surface area (Å²) in [5.41, 5.74) is 0. The lowest BCUT2D eigenvalue weighted by Crippen LogP contribution is -2.38. The number of carbonyl (C=O) groups is 1. The molecule has 5 nitrogen and oxygen atoms in total. The molecule has 0 aliphatic heterocycles. The zero-order valence-corrected chi connectivity index (χ0v) is 9.83. The lowest BCUT2D eigenvalue weighted by atomic mass is 10.2. The van der Waals surface area contributed by atoms with Crippen LogP contribution in [0.25, 0.3) is 0 Å². The molecule has 0 spiro atoms. The molecule has 0 bridgehead atoms. The molecule has 1 atom stereocenters. The highest BCUT2D eigenvalue weighted by Gasteiger charge is 2.19. The van der Waals surface area contributed by atoms with Gasteiger partial charge in [-0.1, -0.05) is 6.92 Å².